The van der Waals surface area contributed by atoms with Crippen LogP contribution in [0, 0.1) is 11.8 Å². The first kappa shape index (κ1) is 33.3. The molecule has 11 nitrogen and oxygen atoms in total. The summed E-state index contributed by atoms with van der Waals surface area (Å²) in [6.45, 7) is 0.127. The minimum Gasteiger partial charge on any atom is -0.497 e. The topological polar surface area (TPSA) is 154 Å². The monoisotopic (exact) mass is 675 g/mol. The Kier molecular flexibility index (Phi) is 9.96. The molecule has 1 atom stereocenters. The number of carbonyl (C=O) groups is 2. The third kappa shape index (κ3) is 7.60. The Morgan fingerprint density at radius 1 is 0.980 bits per heavy atom. The number of fused-ring (bicyclic) bond motifs is 1. The number of rotatable bonds is 9. The first-order valence-corrected chi connectivity index (χ1v) is 17.0. The zero-order chi connectivity index (χ0) is 34.4. The number of amides is 1. The van der Waals surface area contributed by atoms with Crippen LogP contribution in [0.25, 0.3) is 22.2 Å². The van der Waals surface area contributed by atoms with Crippen molar-refractivity contribution in [1.82, 2.24) is 14.3 Å². The number of nitrogens with zero attached hydrogens (tertiary/aromatic N) is 3. The summed E-state index contributed by atoms with van der Waals surface area (Å²) in [5.74, 6) is 5.98. The van der Waals surface area contributed by atoms with Gasteiger partial charge in [-0.2, -0.15) is 4.31 Å². The van der Waals surface area contributed by atoms with Crippen LogP contribution in [0.3, 0.4) is 0 Å². The number of aromatic nitrogens is 2. The Labute approximate surface area is 284 Å². The Morgan fingerprint density at radius 2 is 1.67 bits per heavy atom. The van der Waals surface area contributed by atoms with Gasteiger partial charge in [0.1, 0.15) is 18.4 Å². The number of methoxy groups -OCH3 is 1. The molecule has 1 aliphatic rings. The highest BCUT2D eigenvalue weighted by Crippen LogP contribution is 2.29. The van der Waals surface area contributed by atoms with Crippen molar-refractivity contribution in [2.75, 3.05) is 25.5 Å². The maximum Gasteiger partial charge on any atom is 0.324 e. The van der Waals surface area contributed by atoms with Gasteiger partial charge in [0, 0.05) is 41.0 Å². The van der Waals surface area contributed by atoms with E-state index in [-0.39, 0.29) is 30.5 Å². The summed E-state index contributed by atoms with van der Waals surface area (Å²) in [4.78, 5) is 33.9. The van der Waals surface area contributed by atoms with E-state index < -0.39 is 22.0 Å². The molecule has 1 saturated heterocycles. The number of nitrogens with two attached hydrogens (primary N) is 1. The number of anilines is 1. The second-order valence-corrected chi connectivity index (χ2v) is 13.2. The fourth-order valence-corrected chi connectivity index (χ4v) is 7.12. The van der Waals surface area contributed by atoms with E-state index in [0.29, 0.717) is 46.4 Å². The van der Waals surface area contributed by atoms with Crippen molar-refractivity contribution < 1.29 is 27.5 Å². The molecule has 12 heteroatoms. The first-order valence-electron chi connectivity index (χ1n) is 15.5. The van der Waals surface area contributed by atoms with Gasteiger partial charge >= 0.3 is 5.97 Å². The molecule has 0 bridgehead atoms. The zero-order valence-electron chi connectivity index (χ0n) is 26.6. The molecule has 5 aromatic rings. The van der Waals surface area contributed by atoms with E-state index in [1.807, 2.05) is 24.3 Å². The maximum atomic E-state index is 13.5. The lowest BCUT2D eigenvalue weighted by Gasteiger charge is -2.22. The van der Waals surface area contributed by atoms with Crippen LogP contribution in [0.2, 0.25) is 0 Å². The lowest BCUT2D eigenvalue weighted by Crippen LogP contribution is -2.41. The lowest BCUT2D eigenvalue weighted by atomic mass is 10.1. The predicted molar refractivity (Wildman–Crippen MR) is 185 cm³/mol. The highest BCUT2D eigenvalue weighted by molar-refractivity contribution is 7.89. The van der Waals surface area contributed by atoms with E-state index in [0.717, 1.165) is 16.7 Å². The SMILES string of the molecule is COc1ccc(COC(=O)[C@H]2CCCN2S(=O)(=O)c2ccc(C#Cc3ccc(-c4cc(NC(=O)CN)c5cnccc5n4)cc3)cc2)cc1. The molecule has 49 heavy (non-hydrogen) atoms. The van der Waals surface area contributed by atoms with Crippen molar-refractivity contribution in [2.45, 2.75) is 30.4 Å². The van der Waals surface area contributed by atoms with Crippen LogP contribution >= 0.6 is 0 Å². The summed E-state index contributed by atoms with van der Waals surface area (Å²) in [5, 5.41) is 3.52. The van der Waals surface area contributed by atoms with Gasteiger partial charge in [-0.25, -0.2) is 13.4 Å². The third-order valence-electron chi connectivity index (χ3n) is 8.08. The third-order valence-corrected chi connectivity index (χ3v) is 10.0. The van der Waals surface area contributed by atoms with Gasteiger partial charge in [0.25, 0.3) is 0 Å². The number of benzene rings is 3. The van der Waals surface area contributed by atoms with E-state index in [1.54, 1.807) is 68.0 Å². The molecular formula is C37H33N5O6S. The molecule has 6 rings (SSSR count). The van der Waals surface area contributed by atoms with Crippen LogP contribution in [0.5, 0.6) is 5.75 Å². The van der Waals surface area contributed by atoms with Crippen molar-refractivity contribution in [2.24, 2.45) is 5.73 Å². The smallest absolute Gasteiger partial charge is 0.324 e. The lowest BCUT2D eigenvalue weighted by molar-refractivity contribution is -0.148. The molecule has 0 saturated carbocycles. The number of hydrogen-bond donors (Lipinski definition) is 2. The van der Waals surface area contributed by atoms with E-state index in [9.17, 15) is 18.0 Å². The number of nitrogens with one attached hydrogen (secondary N) is 1. The molecule has 0 unspecified atom stereocenters. The Morgan fingerprint density at radius 3 is 2.35 bits per heavy atom. The molecular weight excluding hydrogens is 643 g/mol. The van der Waals surface area contributed by atoms with Gasteiger partial charge < -0.3 is 20.5 Å². The van der Waals surface area contributed by atoms with Crippen LogP contribution in [0.4, 0.5) is 5.69 Å². The summed E-state index contributed by atoms with van der Waals surface area (Å²) < 4.78 is 38.9. The van der Waals surface area contributed by atoms with E-state index in [4.69, 9.17) is 20.2 Å². The van der Waals surface area contributed by atoms with Gasteiger partial charge in [-0.15, -0.1) is 0 Å². The molecule has 248 valence electrons. The van der Waals surface area contributed by atoms with Crippen molar-refractivity contribution in [3.05, 3.63) is 114 Å². The van der Waals surface area contributed by atoms with Crippen molar-refractivity contribution in [3.8, 4) is 28.8 Å². The molecule has 0 aliphatic carbocycles. The van der Waals surface area contributed by atoms with Crippen molar-refractivity contribution in [3.63, 3.8) is 0 Å². The summed E-state index contributed by atoms with van der Waals surface area (Å²) in [5.41, 5.74) is 10.4. The number of hydrogen-bond acceptors (Lipinski definition) is 9. The summed E-state index contributed by atoms with van der Waals surface area (Å²) >= 11 is 0. The van der Waals surface area contributed by atoms with Crippen LogP contribution < -0.4 is 15.8 Å². The van der Waals surface area contributed by atoms with Crippen LogP contribution in [0.15, 0.2) is 102 Å². The summed E-state index contributed by atoms with van der Waals surface area (Å²) in [6.07, 6.45) is 4.23. The Bertz CT molecular complexity index is 2160. The summed E-state index contributed by atoms with van der Waals surface area (Å²) in [7, 11) is -2.37. The minimum atomic E-state index is -3.94. The minimum absolute atomic E-state index is 0.0391. The molecule has 0 radical (unpaired) electrons. The van der Waals surface area contributed by atoms with Gasteiger partial charge in [-0.3, -0.25) is 14.6 Å². The second-order valence-electron chi connectivity index (χ2n) is 11.3. The van der Waals surface area contributed by atoms with Crippen LogP contribution in [-0.2, 0) is 31.0 Å². The fourth-order valence-electron chi connectivity index (χ4n) is 5.47. The van der Waals surface area contributed by atoms with E-state index in [2.05, 4.69) is 22.1 Å². The number of carbonyl (C=O) groups excluding carboxylic acids is 2. The normalized spacial score (nSPS) is 14.5. The van der Waals surface area contributed by atoms with Gasteiger partial charge in [0.05, 0.1) is 35.4 Å². The Balaban J connectivity index is 1.12. The van der Waals surface area contributed by atoms with Crippen LogP contribution in [-0.4, -0.2) is 60.8 Å². The Hall–Kier alpha value is -5.61. The molecule has 3 aromatic carbocycles. The average molecular weight is 676 g/mol. The number of pyridine rings is 2. The highest BCUT2D eigenvalue weighted by Gasteiger charge is 2.40. The second kappa shape index (κ2) is 14.7. The predicted octanol–water partition coefficient (Wildman–Crippen LogP) is 4.50. The van der Waals surface area contributed by atoms with Gasteiger partial charge in [0.15, 0.2) is 0 Å². The first-order chi connectivity index (χ1) is 23.7. The number of sulfonamides is 1. The zero-order valence-corrected chi connectivity index (χ0v) is 27.4. The average Bonchev–Trinajstić information content (AvgIpc) is 3.65. The highest BCUT2D eigenvalue weighted by atomic mass is 32.2. The van der Waals surface area contributed by atoms with Crippen molar-refractivity contribution in [1.29, 1.82) is 0 Å². The largest absolute Gasteiger partial charge is 0.497 e. The molecule has 1 fully saturated rings. The molecule has 3 N–H and O–H groups in total. The fraction of sp³-hybridized carbons (Fsp3) is 0.189. The van der Waals surface area contributed by atoms with Gasteiger partial charge in [-0.1, -0.05) is 36.1 Å². The standard InChI is InChI=1S/C37H33N5O6S/c1-47-29-14-8-27(9-15-29)24-48-37(44)35-3-2-20-42(35)49(45,46)30-16-10-26(11-17-30)5-4-25-6-12-28(13-7-25)33-21-34(41-36(43)22-38)31-23-39-19-18-32(31)40-33/h6-19,21,23,35H,2-3,20,22,24,38H2,1H3,(H,40,41,43)/t35-/m1/s1. The van der Waals surface area contributed by atoms with Crippen molar-refractivity contribution >= 4 is 38.5 Å². The van der Waals surface area contributed by atoms with Gasteiger partial charge in [-0.05, 0) is 79.1 Å². The molecule has 1 aliphatic heterocycles. The van der Waals surface area contributed by atoms with Gasteiger partial charge in [0.2, 0.25) is 15.9 Å². The quantitative estimate of drug-likeness (QED) is 0.170. The molecule has 1 amide bonds. The molecule has 2 aromatic heterocycles. The molecule has 3 heterocycles. The van der Waals surface area contributed by atoms with E-state index in [1.165, 1.54) is 16.4 Å². The number of esters is 1. The van der Waals surface area contributed by atoms with Crippen LogP contribution in [0.1, 0.15) is 29.5 Å². The summed E-state index contributed by atoms with van der Waals surface area (Å²) in [6, 6.07) is 23.6. The van der Waals surface area contributed by atoms with E-state index >= 15 is 0 Å². The molecule has 0 spiro atoms. The maximum absolute atomic E-state index is 13.5. The number of ether oxygens (including phenoxy) is 2.